The van der Waals surface area contributed by atoms with Crippen molar-refractivity contribution in [3.05, 3.63) is 59.7 Å². The van der Waals surface area contributed by atoms with E-state index in [-0.39, 0.29) is 12.3 Å². The van der Waals surface area contributed by atoms with Crippen LogP contribution in [0.2, 0.25) is 0 Å². The second-order valence-electron chi connectivity index (χ2n) is 5.63. The van der Waals surface area contributed by atoms with Gasteiger partial charge in [-0.3, -0.25) is 9.59 Å². The second-order valence-corrected chi connectivity index (χ2v) is 5.63. The molecular weight excluding hydrogens is 334 g/mol. The normalized spacial score (nSPS) is 10.2. The zero-order chi connectivity index (χ0) is 18.8. The molecule has 0 aromatic heterocycles. The third kappa shape index (κ3) is 6.47. The second kappa shape index (κ2) is 10.1. The predicted octanol–water partition coefficient (Wildman–Crippen LogP) is 3.26. The molecule has 0 aliphatic heterocycles. The molecule has 0 heterocycles. The van der Waals surface area contributed by atoms with Gasteiger partial charge in [-0.1, -0.05) is 18.2 Å². The minimum atomic E-state index is -0.827. The van der Waals surface area contributed by atoms with Crippen molar-refractivity contribution in [3.8, 4) is 11.5 Å². The lowest BCUT2D eigenvalue weighted by molar-refractivity contribution is -0.137. The van der Waals surface area contributed by atoms with E-state index >= 15 is 0 Å². The van der Waals surface area contributed by atoms with E-state index in [0.717, 1.165) is 5.56 Å². The summed E-state index contributed by atoms with van der Waals surface area (Å²) in [6, 6.07) is 14.4. The molecular formula is C20H23NO5. The van der Waals surface area contributed by atoms with Crippen LogP contribution in [0.1, 0.15) is 35.7 Å². The predicted molar refractivity (Wildman–Crippen MR) is 97.6 cm³/mol. The summed E-state index contributed by atoms with van der Waals surface area (Å²) in [5, 5.41) is 11.4. The van der Waals surface area contributed by atoms with Gasteiger partial charge < -0.3 is 19.9 Å². The molecule has 6 heteroatoms. The highest BCUT2D eigenvalue weighted by Gasteiger charge is 2.07. The van der Waals surface area contributed by atoms with Crippen LogP contribution in [-0.2, 0) is 11.3 Å². The SMILES string of the molecule is CCOc1cccc(C(=O)NCc2ccc(OCCCC(=O)O)cc2)c1. The number of ether oxygens (including phenoxy) is 2. The first-order chi connectivity index (χ1) is 12.6. The molecule has 2 aromatic carbocycles. The number of carboxylic acid groups (broad SMARTS) is 1. The number of amides is 1. The van der Waals surface area contributed by atoms with Crippen LogP contribution in [0.3, 0.4) is 0 Å². The Morgan fingerprint density at radius 3 is 2.50 bits per heavy atom. The Balaban J connectivity index is 1.80. The Kier molecular flexibility index (Phi) is 7.49. The summed E-state index contributed by atoms with van der Waals surface area (Å²) in [5.41, 5.74) is 1.49. The summed E-state index contributed by atoms with van der Waals surface area (Å²) >= 11 is 0. The number of carbonyl (C=O) groups is 2. The van der Waals surface area contributed by atoms with Crippen LogP contribution in [0.15, 0.2) is 48.5 Å². The number of benzene rings is 2. The molecule has 0 saturated carbocycles. The molecule has 0 unspecified atom stereocenters. The first-order valence-electron chi connectivity index (χ1n) is 8.53. The molecule has 0 fully saturated rings. The fourth-order valence-electron chi connectivity index (χ4n) is 2.30. The van der Waals surface area contributed by atoms with E-state index in [0.29, 0.717) is 43.2 Å². The van der Waals surface area contributed by atoms with Crippen molar-refractivity contribution in [1.29, 1.82) is 0 Å². The lowest BCUT2D eigenvalue weighted by Gasteiger charge is -2.09. The first-order valence-corrected chi connectivity index (χ1v) is 8.53. The van der Waals surface area contributed by atoms with E-state index in [1.165, 1.54) is 0 Å². The molecule has 0 saturated heterocycles. The topological polar surface area (TPSA) is 84.9 Å². The van der Waals surface area contributed by atoms with Gasteiger partial charge in [0.15, 0.2) is 0 Å². The van der Waals surface area contributed by atoms with E-state index in [9.17, 15) is 9.59 Å². The molecule has 0 atom stereocenters. The molecule has 0 aliphatic carbocycles. The monoisotopic (exact) mass is 357 g/mol. The van der Waals surface area contributed by atoms with Crippen LogP contribution in [-0.4, -0.2) is 30.2 Å². The van der Waals surface area contributed by atoms with E-state index in [1.807, 2.05) is 25.1 Å². The van der Waals surface area contributed by atoms with Crippen molar-refractivity contribution in [3.63, 3.8) is 0 Å². The number of carbonyl (C=O) groups excluding carboxylic acids is 1. The maximum absolute atomic E-state index is 12.2. The van der Waals surface area contributed by atoms with Crippen LogP contribution in [0, 0.1) is 0 Å². The highest BCUT2D eigenvalue weighted by molar-refractivity contribution is 5.94. The molecule has 0 spiro atoms. The standard InChI is InChI=1S/C20H23NO5/c1-2-25-18-6-3-5-16(13-18)20(24)21-14-15-8-10-17(11-9-15)26-12-4-7-19(22)23/h3,5-6,8-11,13H,2,4,7,12,14H2,1H3,(H,21,24)(H,22,23). The molecule has 26 heavy (non-hydrogen) atoms. The molecule has 1 amide bonds. The van der Waals surface area contributed by atoms with Crippen molar-refractivity contribution in [2.75, 3.05) is 13.2 Å². The summed E-state index contributed by atoms with van der Waals surface area (Å²) in [7, 11) is 0. The molecule has 2 rings (SSSR count). The fourth-order valence-corrected chi connectivity index (χ4v) is 2.30. The number of hydrogen-bond donors (Lipinski definition) is 2. The van der Waals surface area contributed by atoms with Crippen LogP contribution < -0.4 is 14.8 Å². The van der Waals surface area contributed by atoms with Gasteiger partial charge >= 0.3 is 5.97 Å². The highest BCUT2D eigenvalue weighted by atomic mass is 16.5. The Morgan fingerprint density at radius 2 is 1.81 bits per heavy atom. The summed E-state index contributed by atoms with van der Waals surface area (Å²) in [6.07, 6.45) is 0.558. The van der Waals surface area contributed by atoms with Gasteiger partial charge in [0.05, 0.1) is 13.2 Å². The molecule has 0 bridgehead atoms. The van der Waals surface area contributed by atoms with Crippen molar-refractivity contribution >= 4 is 11.9 Å². The van der Waals surface area contributed by atoms with Crippen molar-refractivity contribution in [2.45, 2.75) is 26.3 Å². The van der Waals surface area contributed by atoms with Gasteiger partial charge in [0.1, 0.15) is 11.5 Å². The largest absolute Gasteiger partial charge is 0.494 e. The van der Waals surface area contributed by atoms with E-state index in [2.05, 4.69) is 5.32 Å². The lowest BCUT2D eigenvalue weighted by atomic mass is 10.2. The highest BCUT2D eigenvalue weighted by Crippen LogP contribution is 2.15. The van der Waals surface area contributed by atoms with Gasteiger partial charge in [0.25, 0.3) is 5.91 Å². The fraction of sp³-hybridized carbons (Fsp3) is 0.300. The van der Waals surface area contributed by atoms with Gasteiger partial charge in [0, 0.05) is 18.5 Å². The maximum atomic E-state index is 12.2. The third-order valence-electron chi connectivity index (χ3n) is 3.59. The first kappa shape index (κ1) is 19.3. The van der Waals surface area contributed by atoms with Crippen molar-refractivity contribution < 1.29 is 24.2 Å². The van der Waals surface area contributed by atoms with Crippen LogP contribution in [0.4, 0.5) is 0 Å². The van der Waals surface area contributed by atoms with Gasteiger partial charge in [-0.15, -0.1) is 0 Å². The average molecular weight is 357 g/mol. The molecule has 2 N–H and O–H groups in total. The Bertz CT molecular complexity index is 727. The molecule has 0 aliphatic rings. The molecule has 2 aromatic rings. The quantitative estimate of drug-likeness (QED) is 0.638. The smallest absolute Gasteiger partial charge is 0.303 e. The summed E-state index contributed by atoms with van der Waals surface area (Å²) < 4.78 is 10.9. The van der Waals surface area contributed by atoms with Crippen LogP contribution >= 0.6 is 0 Å². The number of nitrogens with one attached hydrogen (secondary N) is 1. The summed E-state index contributed by atoms with van der Waals surface area (Å²) in [6.45, 7) is 3.21. The van der Waals surface area contributed by atoms with Gasteiger partial charge in [-0.05, 0) is 49.2 Å². The average Bonchev–Trinajstić information content (AvgIpc) is 2.64. The Hall–Kier alpha value is -3.02. The Labute approximate surface area is 152 Å². The number of aliphatic carboxylic acids is 1. The van der Waals surface area contributed by atoms with Crippen molar-refractivity contribution in [1.82, 2.24) is 5.32 Å². The van der Waals surface area contributed by atoms with Crippen LogP contribution in [0.5, 0.6) is 11.5 Å². The van der Waals surface area contributed by atoms with Gasteiger partial charge in [-0.2, -0.15) is 0 Å². The number of rotatable bonds is 10. The summed E-state index contributed by atoms with van der Waals surface area (Å²) in [4.78, 5) is 22.7. The number of hydrogen-bond acceptors (Lipinski definition) is 4. The lowest BCUT2D eigenvalue weighted by Crippen LogP contribution is -2.22. The van der Waals surface area contributed by atoms with Gasteiger partial charge in [0.2, 0.25) is 0 Å². The van der Waals surface area contributed by atoms with Crippen molar-refractivity contribution in [2.24, 2.45) is 0 Å². The third-order valence-corrected chi connectivity index (χ3v) is 3.59. The van der Waals surface area contributed by atoms with Crippen LogP contribution in [0.25, 0.3) is 0 Å². The maximum Gasteiger partial charge on any atom is 0.303 e. The minimum Gasteiger partial charge on any atom is -0.494 e. The van der Waals surface area contributed by atoms with E-state index in [4.69, 9.17) is 14.6 Å². The molecule has 138 valence electrons. The summed E-state index contributed by atoms with van der Waals surface area (Å²) in [5.74, 6) is 0.353. The van der Waals surface area contributed by atoms with Gasteiger partial charge in [-0.25, -0.2) is 0 Å². The zero-order valence-electron chi connectivity index (χ0n) is 14.7. The minimum absolute atomic E-state index is 0.0919. The Morgan fingerprint density at radius 1 is 1.04 bits per heavy atom. The molecule has 0 radical (unpaired) electrons. The zero-order valence-corrected chi connectivity index (χ0v) is 14.7. The van der Waals surface area contributed by atoms with E-state index in [1.54, 1.807) is 30.3 Å². The number of carboxylic acids is 1. The van der Waals surface area contributed by atoms with E-state index < -0.39 is 5.97 Å². The molecule has 6 nitrogen and oxygen atoms in total.